The highest BCUT2D eigenvalue weighted by molar-refractivity contribution is 7.17. The van der Waals surface area contributed by atoms with Gasteiger partial charge in [-0.2, -0.15) is 0 Å². The van der Waals surface area contributed by atoms with Crippen molar-refractivity contribution in [2.75, 3.05) is 0 Å². The van der Waals surface area contributed by atoms with Gasteiger partial charge < -0.3 is 10.3 Å². The van der Waals surface area contributed by atoms with Crippen molar-refractivity contribution in [1.82, 2.24) is 9.97 Å². The smallest absolute Gasteiger partial charge is 0.260 e. The zero-order valence-electron chi connectivity index (χ0n) is 15.3. The van der Waals surface area contributed by atoms with Crippen molar-refractivity contribution in [2.24, 2.45) is 0 Å². The van der Waals surface area contributed by atoms with Crippen molar-refractivity contribution < 1.29 is 9.71 Å². The van der Waals surface area contributed by atoms with Gasteiger partial charge in [0.05, 0.1) is 11.4 Å². The van der Waals surface area contributed by atoms with Crippen LogP contribution in [0.15, 0.2) is 34.4 Å². The van der Waals surface area contributed by atoms with E-state index in [0.717, 1.165) is 21.8 Å². The molecule has 0 unspecified atom stereocenters. The second-order valence-corrected chi connectivity index (χ2v) is 8.25. The number of halogens is 1. The number of rotatable bonds is 4. The van der Waals surface area contributed by atoms with E-state index < -0.39 is 0 Å². The molecule has 2 heterocycles. The van der Waals surface area contributed by atoms with Crippen LogP contribution in [0.5, 0.6) is 0 Å². The molecule has 4 rings (SSSR count). The van der Waals surface area contributed by atoms with Gasteiger partial charge in [0.2, 0.25) is 0 Å². The molecule has 1 aromatic carbocycles. The molecule has 1 fully saturated rings. The zero-order chi connectivity index (χ0) is 18.6. The standard InChI is InChI=1S/C21H24FN3OS/c22-15-10-8-14(9-11-15)17-13-27-21-19(17)20(26)24-18(25-21)12-23-16-6-4-2-1-3-5-7-16/h8-11,13,16,23H,1-7,12H2,(H,24,25,26)/p+1. The summed E-state index contributed by atoms with van der Waals surface area (Å²) in [6, 6.07) is 6.86. The van der Waals surface area contributed by atoms with Crippen molar-refractivity contribution in [3.05, 3.63) is 51.6 Å². The number of thiophene rings is 1. The SMILES string of the molecule is O=c1[nH]c(C[NH2+]C2CCCCCCC2)nc2scc(-c3ccc(F)cc3)c12. The van der Waals surface area contributed by atoms with Gasteiger partial charge in [0, 0.05) is 10.9 Å². The first kappa shape index (κ1) is 18.3. The fraction of sp³-hybridized carbons (Fsp3) is 0.429. The van der Waals surface area contributed by atoms with Gasteiger partial charge in [0.1, 0.15) is 17.2 Å². The van der Waals surface area contributed by atoms with Gasteiger partial charge in [-0.05, 0) is 43.4 Å². The number of nitrogens with one attached hydrogen (secondary N) is 1. The van der Waals surface area contributed by atoms with E-state index in [-0.39, 0.29) is 11.4 Å². The summed E-state index contributed by atoms with van der Waals surface area (Å²) >= 11 is 1.47. The molecule has 1 aliphatic rings. The van der Waals surface area contributed by atoms with Gasteiger partial charge in [0.25, 0.3) is 5.56 Å². The minimum atomic E-state index is -0.280. The minimum absolute atomic E-state index is 0.110. The lowest BCUT2D eigenvalue weighted by Gasteiger charge is -2.17. The average Bonchev–Trinajstić information content (AvgIpc) is 3.06. The molecular formula is C21H25FN3OS+. The Labute approximate surface area is 161 Å². The van der Waals surface area contributed by atoms with Crippen LogP contribution in [-0.2, 0) is 6.54 Å². The normalized spacial score (nSPS) is 16.3. The van der Waals surface area contributed by atoms with Crippen LogP contribution < -0.4 is 10.9 Å². The first-order valence-electron chi connectivity index (χ1n) is 9.80. The molecule has 2 aromatic heterocycles. The van der Waals surface area contributed by atoms with Gasteiger partial charge >= 0.3 is 0 Å². The maximum atomic E-state index is 13.2. The number of nitrogens with two attached hydrogens (primary N) is 1. The molecule has 0 radical (unpaired) electrons. The Kier molecular flexibility index (Phi) is 5.64. The lowest BCUT2D eigenvalue weighted by atomic mass is 9.97. The molecular weight excluding hydrogens is 361 g/mol. The minimum Gasteiger partial charge on any atom is -0.338 e. The summed E-state index contributed by atoms with van der Waals surface area (Å²) in [6.45, 7) is 0.708. The molecule has 4 nitrogen and oxygen atoms in total. The third-order valence-corrected chi connectivity index (χ3v) is 6.31. The highest BCUT2D eigenvalue weighted by Gasteiger charge is 2.17. The molecule has 0 spiro atoms. The maximum Gasteiger partial charge on any atom is 0.260 e. The maximum absolute atomic E-state index is 13.2. The van der Waals surface area contributed by atoms with Gasteiger partial charge in [-0.3, -0.25) is 4.79 Å². The molecule has 142 valence electrons. The lowest BCUT2D eigenvalue weighted by Crippen LogP contribution is -2.88. The molecule has 27 heavy (non-hydrogen) atoms. The third-order valence-electron chi connectivity index (χ3n) is 5.44. The van der Waals surface area contributed by atoms with Crippen LogP contribution >= 0.6 is 11.3 Å². The number of hydrogen-bond donors (Lipinski definition) is 2. The molecule has 3 aromatic rings. The summed E-state index contributed by atoms with van der Waals surface area (Å²) in [5.41, 5.74) is 1.55. The van der Waals surface area contributed by atoms with Crippen molar-refractivity contribution in [3.63, 3.8) is 0 Å². The average molecular weight is 387 g/mol. The van der Waals surface area contributed by atoms with E-state index in [1.54, 1.807) is 12.1 Å². The van der Waals surface area contributed by atoms with Crippen LogP contribution in [0.2, 0.25) is 0 Å². The molecule has 0 saturated heterocycles. The van der Waals surface area contributed by atoms with Crippen LogP contribution in [-0.4, -0.2) is 16.0 Å². The molecule has 0 atom stereocenters. The Morgan fingerprint density at radius 1 is 1.11 bits per heavy atom. The van der Waals surface area contributed by atoms with Gasteiger partial charge in [0.15, 0.2) is 5.82 Å². The molecule has 6 heteroatoms. The van der Waals surface area contributed by atoms with Crippen molar-refractivity contribution in [3.8, 4) is 11.1 Å². The fourth-order valence-electron chi connectivity index (χ4n) is 3.93. The fourth-order valence-corrected chi connectivity index (χ4v) is 4.90. The highest BCUT2D eigenvalue weighted by atomic mass is 32.1. The van der Waals surface area contributed by atoms with E-state index in [1.807, 2.05) is 5.38 Å². The van der Waals surface area contributed by atoms with Crippen LogP contribution in [0.4, 0.5) is 4.39 Å². The summed E-state index contributed by atoms with van der Waals surface area (Å²) in [7, 11) is 0. The van der Waals surface area contributed by atoms with E-state index in [1.165, 1.54) is 68.4 Å². The molecule has 3 N–H and O–H groups in total. The number of aromatic amines is 1. The Morgan fingerprint density at radius 3 is 2.56 bits per heavy atom. The Balaban J connectivity index is 1.54. The molecule has 0 amide bonds. The van der Waals surface area contributed by atoms with Gasteiger partial charge in [-0.1, -0.05) is 31.4 Å². The number of aromatic nitrogens is 2. The van der Waals surface area contributed by atoms with Crippen molar-refractivity contribution in [2.45, 2.75) is 57.5 Å². The number of benzene rings is 1. The second-order valence-electron chi connectivity index (χ2n) is 7.39. The van der Waals surface area contributed by atoms with E-state index in [2.05, 4.69) is 15.3 Å². The highest BCUT2D eigenvalue weighted by Crippen LogP contribution is 2.30. The number of fused-ring (bicyclic) bond motifs is 1. The summed E-state index contributed by atoms with van der Waals surface area (Å²) in [5, 5.41) is 4.87. The van der Waals surface area contributed by atoms with Crippen LogP contribution in [0.3, 0.4) is 0 Å². The molecule has 1 aliphatic carbocycles. The second kappa shape index (κ2) is 8.31. The van der Waals surface area contributed by atoms with Crippen molar-refractivity contribution >= 4 is 21.6 Å². The van der Waals surface area contributed by atoms with Gasteiger partial charge in [-0.25, -0.2) is 9.37 Å². The van der Waals surface area contributed by atoms with Crippen LogP contribution in [0.25, 0.3) is 21.3 Å². The van der Waals surface area contributed by atoms with E-state index >= 15 is 0 Å². The third kappa shape index (κ3) is 4.28. The first-order valence-corrected chi connectivity index (χ1v) is 10.7. The summed E-state index contributed by atoms with van der Waals surface area (Å²) in [4.78, 5) is 21.1. The molecule has 1 saturated carbocycles. The molecule has 0 bridgehead atoms. The van der Waals surface area contributed by atoms with E-state index in [4.69, 9.17) is 0 Å². The Morgan fingerprint density at radius 2 is 1.81 bits per heavy atom. The number of quaternary nitrogens is 1. The van der Waals surface area contributed by atoms with Crippen molar-refractivity contribution in [1.29, 1.82) is 0 Å². The van der Waals surface area contributed by atoms with Gasteiger partial charge in [-0.15, -0.1) is 11.3 Å². The van der Waals surface area contributed by atoms with Crippen LogP contribution in [0.1, 0.15) is 50.8 Å². The monoisotopic (exact) mass is 386 g/mol. The first-order chi connectivity index (χ1) is 13.2. The number of nitrogens with zero attached hydrogens (tertiary/aromatic N) is 1. The topological polar surface area (TPSA) is 62.4 Å². The Bertz CT molecular complexity index is 956. The Hall–Kier alpha value is -2.05. The van der Waals surface area contributed by atoms with E-state index in [0.29, 0.717) is 18.0 Å². The lowest BCUT2D eigenvalue weighted by molar-refractivity contribution is -0.706. The predicted molar refractivity (Wildman–Crippen MR) is 107 cm³/mol. The summed E-state index contributed by atoms with van der Waals surface area (Å²) in [5.74, 6) is 0.458. The quantitative estimate of drug-likeness (QED) is 0.713. The summed E-state index contributed by atoms with van der Waals surface area (Å²) < 4.78 is 13.2. The van der Waals surface area contributed by atoms with E-state index in [9.17, 15) is 9.18 Å². The zero-order valence-corrected chi connectivity index (χ0v) is 16.2. The number of H-pyrrole nitrogens is 1. The summed E-state index contributed by atoms with van der Waals surface area (Å²) in [6.07, 6.45) is 9.15. The predicted octanol–water partition coefficient (Wildman–Crippen LogP) is 3.97. The van der Waals surface area contributed by atoms with Crippen LogP contribution in [0, 0.1) is 5.82 Å². The largest absolute Gasteiger partial charge is 0.338 e. The number of hydrogen-bond acceptors (Lipinski definition) is 3. The molecule has 0 aliphatic heterocycles.